The van der Waals surface area contributed by atoms with Gasteiger partial charge in [0.2, 0.25) is 0 Å². The minimum absolute atomic E-state index is 0.591. The highest BCUT2D eigenvalue weighted by molar-refractivity contribution is 7.12. The molecular formula is C15H21N3S. The second kappa shape index (κ2) is 5.60. The Morgan fingerprint density at radius 3 is 2.89 bits per heavy atom. The Kier molecular flexibility index (Phi) is 3.86. The second-order valence-corrected chi connectivity index (χ2v) is 6.92. The fourth-order valence-corrected chi connectivity index (χ4v) is 3.86. The van der Waals surface area contributed by atoms with E-state index >= 15 is 0 Å². The minimum atomic E-state index is 0.591. The Labute approximate surface area is 119 Å². The maximum absolute atomic E-state index is 9.18. The van der Waals surface area contributed by atoms with E-state index in [9.17, 15) is 5.26 Å². The molecule has 1 aromatic heterocycles. The summed E-state index contributed by atoms with van der Waals surface area (Å²) in [4.78, 5) is 8.16. The van der Waals surface area contributed by atoms with Gasteiger partial charge >= 0.3 is 0 Å². The van der Waals surface area contributed by atoms with E-state index in [0.29, 0.717) is 12.0 Å². The van der Waals surface area contributed by atoms with Gasteiger partial charge in [0.05, 0.1) is 10.7 Å². The van der Waals surface area contributed by atoms with Crippen molar-refractivity contribution < 1.29 is 0 Å². The largest absolute Gasteiger partial charge is 0.300 e. The van der Waals surface area contributed by atoms with E-state index in [2.05, 4.69) is 17.9 Å². The number of nitrogens with zero attached hydrogens (tertiary/aromatic N) is 3. The summed E-state index contributed by atoms with van der Waals surface area (Å²) in [6, 6.07) is 3.04. The summed E-state index contributed by atoms with van der Waals surface area (Å²) in [7, 11) is 0. The number of piperidine rings is 1. The molecule has 3 nitrogen and oxygen atoms in total. The molecule has 1 saturated carbocycles. The maximum atomic E-state index is 9.18. The summed E-state index contributed by atoms with van der Waals surface area (Å²) >= 11 is 1.62. The van der Waals surface area contributed by atoms with Crippen LogP contribution in [-0.2, 0) is 6.42 Å². The summed E-state index contributed by atoms with van der Waals surface area (Å²) in [6.07, 6.45) is 7.49. The first-order chi connectivity index (χ1) is 9.28. The molecule has 0 aromatic carbocycles. The standard InChI is InChI=1S/C15H21N3S/c1-11-4-2-3-8-18(11)9-7-14-17-15(12-5-6-12)13(10-16)19-14/h11-12H,2-9H2,1H3. The molecule has 1 aliphatic heterocycles. The van der Waals surface area contributed by atoms with Crippen LogP contribution in [0.15, 0.2) is 0 Å². The maximum Gasteiger partial charge on any atom is 0.128 e. The van der Waals surface area contributed by atoms with Gasteiger partial charge in [-0.2, -0.15) is 5.26 Å². The Balaban J connectivity index is 1.62. The summed E-state index contributed by atoms with van der Waals surface area (Å²) in [6.45, 7) is 4.66. The molecule has 19 heavy (non-hydrogen) atoms. The van der Waals surface area contributed by atoms with Crippen molar-refractivity contribution in [2.45, 2.75) is 57.4 Å². The number of rotatable bonds is 4. The van der Waals surface area contributed by atoms with Crippen molar-refractivity contribution in [1.82, 2.24) is 9.88 Å². The predicted molar refractivity (Wildman–Crippen MR) is 77.4 cm³/mol. The zero-order chi connectivity index (χ0) is 13.2. The van der Waals surface area contributed by atoms with Crippen molar-refractivity contribution in [2.24, 2.45) is 0 Å². The highest BCUT2D eigenvalue weighted by atomic mass is 32.1. The Morgan fingerprint density at radius 2 is 2.21 bits per heavy atom. The molecule has 0 radical (unpaired) electrons. The lowest BCUT2D eigenvalue weighted by atomic mass is 10.0. The molecule has 1 unspecified atom stereocenters. The number of nitriles is 1. The van der Waals surface area contributed by atoms with Crippen LogP contribution in [0.25, 0.3) is 0 Å². The zero-order valence-electron chi connectivity index (χ0n) is 11.6. The van der Waals surface area contributed by atoms with E-state index in [1.54, 1.807) is 11.3 Å². The molecule has 1 saturated heterocycles. The van der Waals surface area contributed by atoms with Crippen molar-refractivity contribution in [2.75, 3.05) is 13.1 Å². The molecule has 1 aromatic rings. The smallest absolute Gasteiger partial charge is 0.128 e. The van der Waals surface area contributed by atoms with Crippen LogP contribution < -0.4 is 0 Å². The Bertz CT molecular complexity index is 484. The predicted octanol–water partition coefficient (Wildman–Crippen LogP) is 3.31. The molecule has 2 aliphatic rings. The zero-order valence-corrected chi connectivity index (χ0v) is 12.4. The molecule has 0 amide bonds. The average Bonchev–Trinajstić information content (AvgIpc) is 3.18. The number of aromatic nitrogens is 1. The van der Waals surface area contributed by atoms with Crippen LogP contribution in [-0.4, -0.2) is 29.0 Å². The van der Waals surface area contributed by atoms with Gasteiger partial charge in [-0.1, -0.05) is 6.42 Å². The van der Waals surface area contributed by atoms with Gasteiger partial charge in [-0.25, -0.2) is 4.98 Å². The third kappa shape index (κ3) is 2.98. The Morgan fingerprint density at radius 1 is 1.37 bits per heavy atom. The third-order valence-corrected chi connectivity index (χ3v) is 5.35. The van der Waals surface area contributed by atoms with Gasteiger partial charge in [-0.3, -0.25) is 0 Å². The molecule has 2 heterocycles. The molecule has 1 aliphatic carbocycles. The lowest BCUT2D eigenvalue weighted by molar-refractivity contribution is 0.163. The first-order valence-electron chi connectivity index (χ1n) is 7.41. The molecule has 1 atom stereocenters. The lowest BCUT2D eigenvalue weighted by Gasteiger charge is -2.32. The third-order valence-electron chi connectivity index (χ3n) is 4.32. The van der Waals surface area contributed by atoms with E-state index in [1.807, 2.05) is 0 Å². The van der Waals surface area contributed by atoms with E-state index in [4.69, 9.17) is 4.98 Å². The van der Waals surface area contributed by atoms with Crippen LogP contribution in [0.3, 0.4) is 0 Å². The number of hydrogen-bond donors (Lipinski definition) is 0. The normalized spacial score (nSPS) is 24.3. The number of likely N-dealkylation sites (tertiary alicyclic amines) is 1. The van der Waals surface area contributed by atoms with E-state index in [-0.39, 0.29) is 0 Å². The fraction of sp³-hybridized carbons (Fsp3) is 0.733. The quantitative estimate of drug-likeness (QED) is 0.846. The van der Waals surface area contributed by atoms with E-state index < -0.39 is 0 Å². The monoisotopic (exact) mass is 275 g/mol. The molecule has 4 heteroatoms. The highest BCUT2D eigenvalue weighted by Crippen LogP contribution is 2.42. The first-order valence-corrected chi connectivity index (χ1v) is 8.23. The molecular weight excluding hydrogens is 254 g/mol. The molecule has 102 valence electrons. The van der Waals surface area contributed by atoms with Crippen LogP contribution in [0.2, 0.25) is 0 Å². The fourth-order valence-electron chi connectivity index (χ4n) is 2.93. The molecule has 2 fully saturated rings. The Hall–Kier alpha value is -0.920. The van der Waals surface area contributed by atoms with Gasteiger partial charge < -0.3 is 4.90 Å². The lowest BCUT2D eigenvalue weighted by Crippen LogP contribution is -2.38. The van der Waals surface area contributed by atoms with E-state index in [0.717, 1.165) is 28.5 Å². The van der Waals surface area contributed by atoms with Gasteiger partial charge in [0.25, 0.3) is 0 Å². The van der Waals surface area contributed by atoms with E-state index in [1.165, 1.54) is 38.6 Å². The second-order valence-electron chi connectivity index (χ2n) is 5.84. The van der Waals surface area contributed by atoms with Crippen molar-refractivity contribution in [3.63, 3.8) is 0 Å². The summed E-state index contributed by atoms with van der Waals surface area (Å²) < 4.78 is 0. The number of hydrogen-bond acceptors (Lipinski definition) is 4. The molecule has 0 bridgehead atoms. The topological polar surface area (TPSA) is 39.9 Å². The van der Waals surface area contributed by atoms with Crippen LogP contribution >= 0.6 is 11.3 Å². The SMILES string of the molecule is CC1CCCCN1CCc1nc(C2CC2)c(C#N)s1. The highest BCUT2D eigenvalue weighted by Gasteiger charge is 2.29. The number of thiazole rings is 1. The summed E-state index contributed by atoms with van der Waals surface area (Å²) in [5.74, 6) is 0.591. The van der Waals surface area contributed by atoms with Gasteiger partial charge in [0.1, 0.15) is 10.9 Å². The molecule has 3 rings (SSSR count). The molecule has 0 N–H and O–H groups in total. The van der Waals surface area contributed by atoms with Gasteiger partial charge in [0.15, 0.2) is 0 Å². The average molecular weight is 275 g/mol. The van der Waals surface area contributed by atoms with Crippen LogP contribution in [0.5, 0.6) is 0 Å². The van der Waals surface area contributed by atoms with Crippen molar-refractivity contribution in [3.8, 4) is 6.07 Å². The van der Waals surface area contributed by atoms with Crippen LogP contribution in [0.4, 0.5) is 0 Å². The summed E-state index contributed by atoms with van der Waals surface area (Å²) in [5.41, 5.74) is 1.09. The van der Waals surface area contributed by atoms with Crippen molar-refractivity contribution >= 4 is 11.3 Å². The van der Waals surface area contributed by atoms with Gasteiger partial charge in [-0.05, 0) is 39.2 Å². The minimum Gasteiger partial charge on any atom is -0.300 e. The van der Waals surface area contributed by atoms with Gasteiger partial charge in [-0.15, -0.1) is 11.3 Å². The van der Waals surface area contributed by atoms with Crippen LogP contribution in [0.1, 0.15) is 60.5 Å². The van der Waals surface area contributed by atoms with Crippen LogP contribution in [0, 0.1) is 11.3 Å². The van der Waals surface area contributed by atoms with Gasteiger partial charge in [0, 0.05) is 24.9 Å². The molecule has 0 spiro atoms. The van der Waals surface area contributed by atoms with Crippen molar-refractivity contribution in [3.05, 3.63) is 15.6 Å². The summed E-state index contributed by atoms with van der Waals surface area (Å²) in [5, 5.41) is 10.3. The first kappa shape index (κ1) is 13.1. The van der Waals surface area contributed by atoms with Crippen molar-refractivity contribution in [1.29, 1.82) is 5.26 Å².